The Labute approximate surface area is 134 Å². The van der Waals surface area contributed by atoms with Gasteiger partial charge in [-0.3, -0.25) is 4.79 Å². The number of nitrogens with one attached hydrogen (secondary N) is 1. The molecule has 1 amide bonds. The monoisotopic (exact) mass is 355 g/mol. The Kier molecular flexibility index (Phi) is 5.42. The smallest absolute Gasteiger partial charge is 0.252 e. The first-order valence-corrected chi connectivity index (χ1v) is 8.44. The summed E-state index contributed by atoms with van der Waals surface area (Å²) in [5, 5.41) is 3.06. The first-order chi connectivity index (χ1) is 9.92. The Morgan fingerprint density at radius 1 is 1.38 bits per heavy atom. The second kappa shape index (κ2) is 6.91. The molecule has 0 saturated heterocycles. The highest BCUT2D eigenvalue weighted by Gasteiger charge is 2.34. The van der Waals surface area contributed by atoms with Crippen LogP contribution in [0.3, 0.4) is 0 Å². The fraction of sp³-hybridized carbons (Fsp3) is 0.588. The lowest BCUT2D eigenvalue weighted by Gasteiger charge is -2.31. The van der Waals surface area contributed by atoms with E-state index < -0.39 is 0 Å². The van der Waals surface area contributed by atoms with Crippen LogP contribution in [0.5, 0.6) is 0 Å². The van der Waals surface area contributed by atoms with Crippen LogP contribution in [0, 0.1) is 17.2 Å². The Bertz CT molecular complexity index is 510. The van der Waals surface area contributed by atoms with E-state index in [0.717, 1.165) is 6.42 Å². The van der Waals surface area contributed by atoms with E-state index in [1.807, 2.05) is 0 Å². The van der Waals surface area contributed by atoms with Crippen LogP contribution in [0.4, 0.5) is 4.39 Å². The molecule has 0 atom stereocenters. The zero-order valence-electron chi connectivity index (χ0n) is 12.7. The topological polar surface area (TPSA) is 29.1 Å². The van der Waals surface area contributed by atoms with Crippen molar-refractivity contribution in [2.75, 3.05) is 6.54 Å². The molecule has 2 nitrogen and oxygen atoms in total. The number of hydrogen-bond acceptors (Lipinski definition) is 1. The zero-order chi connectivity index (χ0) is 15.5. The summed E-state index contributed by atoms with van der Waals surface area (Å²) in [4.78, 5) is 12.3. The third kappa shape index (κ3) is 4.29. The fourth-order valence-electron chi connectivity index (χ4n) is 3.48. The van der Waals surface area contributed by atoms with E-state index in [0.29, 0.717) is 22.5 Å². The van der Waals surface area contributed by atoms with Crippen molar-refractivity contribution >= 4 is 21.8 Å². The molecule has 0 aliphatic heterocycles. The lowest BCUT2D eigenvalue weighted by atomic mass is 9.78. The van der Waals surface area contributed by atoms with Crippen molar-refractivity contribution in [1.29, 1.82) is 0 Å². The van der Waals surface area contributed by atoms with Crippen molar-refractivity contribution in [1.82, 2.24) is 5.32 Å². The van der Waals surface area contributed by atoms with Crippen LogP contribution < -0.4 is 5.32 Å². The van der Waals surface area contributed by atoms with Gasteiger partial charge in [0.2, 0.25) is 0 Å². The molecule has 1 aromatic carbocycles. The van der Waals surface area contributed by atoms with Gasteiger partial charge in [-0.2, -0.15) is 0 Å². The van der Waals surface area contributed by atoms with E-state index in [-0.39, 0.29) is 17.1 Å². The largest absolute Gasteiger partial charge is 0.351 e. The molecule has 0 bridgehead atoms. The lowest BCUT2D eigenvalue weighted by Crippen LogP contribution is -2.37. The highest BCUT2D eigenvalue weighted by atomic mass is 79.9. The molecule has 1 saturated carbocycles. The van der Waals surface area contributed by atoms with E-state index >= 15 is 0 Å². The highest BCUT2D eigenvalue weighted by Crippen LogP contribution is 2.42. The average molecular weight is 356 g/mol. The first-order valence-electron chi connectivity index (χ1n) is 7.65. The number of hydrogen-bond donors (Lipinski definition) is 1. The van der Waals surface area contributed by atoms with Crippen LogP contribution in [-0.2, 0) is 0 Å². The minimum Gasteiger partial charge on any atom is -0.351 e. The molecule has 0 aromatic heterocycles. The van der Waals surface area contributed by atoms with Crippen molar-refractivity contribution in [3.05, 3.63) is 34.1 Å². The van der Waals surface area contributed by atoms with Gasteiger partial charge in [0.25, 0.3) is 5.91 Å². The molecule has 21 heavy (non-hydrogen) atoms. The molecule has 2 rings (SSSR count). The molecule has 0 unspecified atom stereocenters. The molecule has 4 heteroatoms. The molecule has 1 fully saturated rings. The summed E-state index contributed by atoms with van der Waals surface area (Å²) in [5.74, 6) is 0.167. The summed E-state index contributed by atoms with van der Waals surface area (Å²) in [7, 11) is 0. The molecule has 1 N–H and O–H groups in total. The number of amides is 1. The lowest BCUT2D eigenvalue weighted by molar-refractivity contribution is 0.0921. The molecule has 116 valence electrons. The van der Waals surface area contributed by atoms with Crippen LogP contribution in [0.1, 0.15) is 56.3 Å². The van der Waals surface area contributed by atoms with Crippen LogP contribution in [-0.4, -0.2) is 12.5 Å². The summed E-state index contributed by atoms with van der Waals surface area (Å²) in [5.41, 5.74) is 0.741. The first kappa shape index (κ1) is 16.5. The molecule has 1 aliphatic carbocycles. The summed E-state index contributed by atoms with van der Waals surface area (Å²) in [6.45, 7) is 5.19. The maximum atomic E-state index is 13.1. The van der Waals surface area contributed by atoms with Gasteiger partial charge in [0, 0.05) is 11.0 Å². The van der Waals surface area contributed by atoms with Gasteiger partial charge in [-0.25, -0.2) is 4.39 Å². The minimum atomic E-state index is -0.342. The van der Waals surface area contributed by atoms with E-state index in [1.165, 1.54) is 43.9 Å². The Balaban J connectivity index is 2.02. The van der Waals surface area contributed by atoms with E-state index in [4.69, 9.17) is 0 Å². The SMILES string of the molecule is CC(C)CC1(CNC(=O)c2ccc(F)cc2Br)CCCC1. The summed E-state index contributed by atoms with van der Waals surface area (Å²) in [6.07, 6.45) is 6.04. The van der Waals surface area contributed by atoms with Gasteiger partial charge in [-0.1, -0.05) is 26.7 Å². The van der Waals surface area contributed by atoms with Crippen molar-refractivity contribution in [2.45, 2.75) is 46.0 Å². The van der Waals surface area contributed by atoms with Gasteiger partial charge in [0.1, 0.15) is 5.82 Å². The van der Waals surface area contributed by atoms with Crippen LogP contribution in [0.15, 0.2) is 22.7 Å². The standard InChI is InChI=1S/C17H23BrFNO/c1-12(2)10-17(7-3-4-8-17)11-20-16(21)14-6-5-13(19)9-15(14)18/h5-6,9,12H,3-4,7-8,10-11H2,1-2H3,(H,20,21). The predicted octanol–water partition coefficient (Wildman–Crippen LogP) is 4.92. The molecule has 1 aromatic rings. The third-order valence-corrected chi connectivity index (χ3v) is 4.96. The van der Waals surface area contributed by atoms with Crippen LogP contribution in [0.2, 0.25) is 0 Å². The normalized spacial score (nSPS) is 17.2. The van der Waals surface area contributed by atoms with Crippen molar-refractivity contribution in [3.63, 3.8) is 0 Å². The van der Waals surface area contributed by atoms with Gasteiger partial charge in [0.15, 0.2) is 0 Å². The van der Waals surface area contributed by atoms with Gasteiger partial charge >= 0.3 is 0 Å². The Morgan fingerprint density at radius 3 is 2.62 bits per heavy atom. The second-order valence-corrected chi connectivity index (χ2v) is 7.47. The Hall–Kier alpha value is -0.900. The highest BCUT2D eigenvalue weighted by molar-refractivity contribution is 9.10. The van der Waals surface area contributed by atoms with Gasteiger partial charge in [-0.15, -0.1) is 0 Å². The number of carbonyl (C=O) groups excluding carboxylic acids is 1. The molecular weight excluding hydrogens is 333 g/mol. The number of benzene rings is 1. The number of halogens is 2. The van der Waals surface area contributed by atoms with E-state index in [9.17, 15) is 9.18 Å². The molecule has 0 heterocycles. The van der Waals surface area contributed by atoms with Gasteiger partial charge < -0.3 is 5.32 Å². The number of carbonyl (C=O) groups is 1. The maximum Gasteiger partial charge on any atom is 0.252 e. The summed E-state index contributed by atoms with van der Waals surface area (Å²) < 4.78 is 13.6. The zero-order valence-corrected chi connectivity index (χ0v) is 14.3. The minimum absolute atomic E-state index is 0.128. The molecule has 0 radical (unpaired) electrons. The maximum absolute atomic E-state index is 13.1. The van der Waals surface area contributed by atoms with Crippen molar-refractivity contribution in [2.24, 2.45) is 11.3 Å². The summed E-state index contributed by atoms with van der Waals surface area (Å²) >= 11 is 3.25. The third-order valence-electron chi connectivity index (χ3n) is 4.31. The average Bonchev–Trinajstić information content (AvgIpc) is 2.84. The number of rotatable bonds is 5. The van der Waals surface area contributed by atoms with Crippen LogP contribution >= 0.6 is 15.9 Å². The van der Waals surface area contributed by atoms with Gasteiger partial charge in [-0.05, 0) is 64.7 Å². The molecule has 0 spiro atoms. The van der Waals surface area contributed by atoms with Crippen molar-refractivity contribution in [3.8, 4) is 0 Å². The molecular formula is C17H23BrFNO. The summed E-state index contributed by atoms with van der Waals surface area (Å²) in [6, 6.07) is 4.17. The van der Waals surface area contributed by atoms with Gasteiger partial charge in [0.05, 0.1) is 5.56 Å². The van der Waals surface area contributed by atoms with Crippen molar-refractivity contribution < 1.29 is 9.18 Å². The van der Waals surface area contributed by atoms with E-state index in [1.54, 1.807) is 0 Å². The second-order valence-electron chi connectivity index (χ2n) is 6.61. The Morgan fingerprint density at radius 2 is 2.05 bits per heavy atom. The quantitative estimate of drug-likeness (QED) is 0.797. The van der Waals surface area contributed by atoms with E-state index in [2.05, 4.69) is 35.1 Å². The fourth-order valence-corrected chi connectivity index (χ4v) is 4.01. The molecule has 1 aliphatic rings. The predicted molar refractivity (Wildman–Crippen MR) is 86.8 cm³/mol. The van der Waals surface area contributed by atoms with Crippen LogP contribution in [0.25, 0.3) is 0 Å².